The van der Waals surface area contributed by atoms with E-state index in [-0.39, 0.29) is 15.2 Å². The molecule has 1 aliphatic rings. The maximum atomic E-state index is 5.54. The molecule has 0 aromatic heterocycles. The zero-order chi connectivity index (χ0) is 6.31. The Kier molecular flexibility index (Phi) is 1.98. The Labute approximate surface area is 67.4 Å². The van der Waals surface area contributed by atoms with Gasteiger partial charge in [0.1, 0.15) is 4.49 Å². The molecule has 0 spiro atoms. The molecule has 1 fully saturated rings. The van der Waals surface area contributed by atoms with E-state index in [0.717, 1.165) is 5.57 Å². The van der Waals surface area contributed by atoms with Crippen LogP contribution in [-0.2, 0) is 0 Å². The monoisotopic (exact) mass is 190 g/mol. The molecule has 0 radical (unpaired) electrons. The van der Waals surface area contributed by atoms with Crippen LogP contribution < -0.4 is 0 Å². The summed E-state index contributed by atoms with van der Waals surface area (Å²) in [6.07, 6.45) is 0. The van der Waals surface area contributed by atoms with E-state index in [4.69, 9.17) is 46.4 Å². The number of halogens is 4. The fraction of sp³-hybridized carbons (Fsp3) is 0.500. The Morgan fingerprint density at radius 2 is 1.50 bits per heavy atom. The molecule has 1 rings (SSSR count). The van der Waals surface area contributed by atoms with E-state index in [1.807, 2.05) is 0 Å². The van der Waals surface area contributed by atoms with E-state index in [9.17, 15) is 0 Å². The van der Waals surface area contributed by atoms with E-state index >= 15 is 0 Å². The topological polar surface area (TPSA) is 0 Å². The van der Waals surface area contributed by atoms with Crippen LogP contribution in [0, 0.1) is 0 Å². The van der Waals surface area contributed by atoms with Gasteiger partial charge in [-0.2, -0.15) is 0 Å². The van der Waals surface area contributed by atoms with Crippen LogP contribution in [-0.4, -0.2) is 10.8 Å². The zero-order valence-electron chi connectivity index (χ0n) is 3.67. The van der Waals surface area contributed by atoms with Crippen molar-refractivity contribution in [2.24, 2.45) is 0 Å². The lowest BCUT2D eigenvalue weighted by molar-refractivity contribution is 1.50. The van der Waals surface area contributed by atoms with Gasteiger partial charge in [-0.3, -0.25) is 0 Å². The van der Waals surface area contributed by atoms with Crippen LogP contribution in [0.1, 0.15) is 0 Å². The normalized spacial score (nSPS) is 35.2. The van der Waals surface area contributed by atoms with E-state index in [2.05, 4.69) is 0 Å². The Morgan fingerprint density at radius 3 is 1.50 bits per heavy atom. The van der Waals surface area contributed by atoms with Crippen molar-refractivity contribution in [3.8, 4) is 0 Å². The predicted octanol–water partition coefficient (Wildman–Crippen LogP) is 2.90. The summed E-state index contributed by atoms with van der Waals surface area (Å²) >= 11 is 21.8. The highest BCUT2D eigenvalue weighted by Gasteiger charge is 2.43. The minimum absolute atomic E-state index is 0.137. The van der Waals surface area contributed by atoms with E-state index in [0.29, 0.717) is 0 Å². The molecular weight excluding hydrogens is 190 g/mol. The summed E-state index contributed by atoms with van der Waals surface area (Å²) in [6.45, 7) is 0. The largest absolute Gasteiger partial charge is 0.116 e. The SMILES string of the molecule is ClC(Cl)=C1C(Cl)C1Cl. The summed E-state index contributed by atoms with van der Waals surface area (Å²) in [7, 11) is 0. The van der Waals surface area contributed by atoms with Crippen LogP contribution in [0.15, 0.2) is 10.1 Å². The van der Waals surface area contributed by atoms with Crippen molar-refractivity contribution < 1.29 is 0 Å². The minimum atomic E-state index is -0.137. The standard InChI is InChI=1S/C4H2Cl4/c5-2-1(3(2)6)4(7)8/h2-3H. The molecule has 0 aromatic carbocycles. The number of hydrogen-bond acceptors (Lipinski definition) is 0. The second-order valence-electron chi connectivity index (χ2n) is 1.52. The third-order valence-corrected chi connectivity index (χ3v) is 2.50. The molecule has 2 atom stereocenters. The van der Waals surface area contributed by atoms with Crippen molar-refractivity contribution >= 4 is 46.4 Å². The third kappa shape index (κ3) is 1.08. The highest BCUT2D eigenvalue weighted by Crippen LogP contribution is 2.45. The van der Waals surface area contributed by atoms with Crippen LogP contribution in [0.25, 0.3) is 0 Å². The van der Waals surface area contributed by atoms with Crippen LogP contribution >= 0.6 is 46.4 Å². The summed E-state index contributed by atoms with van der Waals surface area (Å²) in [5.74, 6) is 0. The van der Waals surface area contributed by atoms with Gasteiger partial charge in [0.15, 0.2) is 0 Å². The Morgan fingerprint density at radius 1 is 1.12 bits per heavy atom. The number of allylic oxidation sites excluding steroid dienone is 1. The first kappa shape index (κ1) is 7.01. The molecular formula is C4H2Cl4. The molecule has 46 valence electrons. The average Bonchev–Trinajstić information content (AvgIpc) is 2.15. The second-order valence-corrected chi connectivity index (χ2v) is 3.41. The molecule has 0 saturated heterocycles. The van der Waals surface area contributed by atoms with E-state index in [1.165, 1.54) is 0 Å². The summed E-state index contributed by atoms with van der Waals surface area (Å²) in [6, 6.07) is 0. The van der Waals surface area contributed by atoms with Gasteiger partial charge in [0, 0.05) is 0 Å². The van der Waals surface area contributed by atoms with Crippen molar-refractivity contribution in [1.29, 1.82) is 0 Å². The second kappa shape index (κ2) is 2.26. The number of hydrogen-bond donors (Lipinski definition) is 0. The number of alkyl halides is 2. The van der Waals surface area contributed by atoms with Gasteiger partial charge in [0.2, 0.25) is 0 Å². The highest BCUT2D eigenvalue weighted by atomic mass is 35.5. The molecule has 1 saturated carbocycles. The van der Waals surface area contributed by atoms with Crippen molar-refractivity contribution in [2.75, 3.05) is 0 Å². The first-order chi connectivity index (χ1) is 3.64. The van der Waals surface area contributed by atoms with Gasteiger partial charge in [0.25, 0.3) is 0 Å². The zero-order valence-corrected chi connectivity index (χ0v) is 6.69. The van der Waals surface area contributed by atoms with Crippen molar-refractivity contribution in [1.82, 2.24) is 0 Å². The van der Waals surface area contributed by atoms with Crippen LogP contribution in [0.4, 0.5) is 0 Å². The van der Waals surface area contributed by atoms with Crippen molar-refractivity contribution in [3.63, 3.8) is 0 Å². The average molecular weight is 192 g/mol. The quantitative estimate of drug-likeness (QED) is 0.517. The maximum absolute atomic E-state index is 5.54. The van der Waals surface area contributed by atoms with Crippen LogP contribution in [0.5, 0.6) is 0 Å². The smallest absolute Gasteiger partial charge is 0.109 e. The first-order valence-corrected chi connectivity index (χ1v) is 3.60. The van der Waals surface area contributed by atoms with Gasteiger partial charge < -0.3 is 0 Å². The summed E-state index contributed by atoms with van der Waals surface area (Å²) in [5.41, 5.74) is 0.747. The molecule has 0 heterocycles. The molecule has 0 N–H and O–H groups in total. The van der Waals surface area contributed by atoms with Gasteiger partial charge in [-0.1, -0.05) is 23.2 Å². The fourth-order valence-corrected chi connectivity index (χ4v) is 1.78. The van der Waals surface area contributed by atoms with Gasteiger partial charge in [-0.25, -0.2) is 0 Å². The highest BCUT2D eigenvalue weighted by molar-refractivity contribution is 6.58. The van der Waals surface area contributed by atoms with Gasteiger partial charge >= 0.3 is 0 Å². The predicted molar refractivity (Wildman–Crippen MR) is 38.0 cm³/mol. The molecule has 0 aromatic rings. The van der Waals surface area contributed by atoms with E-state index in [1.54, 1.807) is 0 Å². The molecule has 8 heavy (non-hydrogen) atoms. The lowest BCUT2D eigenvalue weighted by Crippen LogP contribution is -1.63. The lowest BCUT2D eigenvalue weighted by Gasteiger charge is -1.72. The van der Waals surface area contributed by atoms with Crippen molar-refractivity contribution in [2.45, 2.75) is 10.8 Å². The van der Waals surface area contributed by atoms with Gasteiger partial charge in [0.05, 0.1) is 10.8 Å². The van der Waals surface area contributed by atoms with Crippen LogP contribution in [0.3, 0.4) is 0 Å². The molecule has 0 aliphatic heterocycles. The summed E-state index contributed by atoms with van der Waals surface area (Å²) < 4.78 is 0.213. The van der Waals surface area contributed by atoms with Crippen molar-refractivity contribution in [3.05, 3.63) is 10.1 Å². The molecule has 1 aliphatic carbocycles. The fourth-order valence-electron chi connectivity index (χ4n) is 0.410. The van der Waals surface area contributed by atoms with E-state index < -0.39 is 0 Å². The molecule has 0 amide bonds. The Bertz CT molecular complexity index is 125. The molecule has 0 nitrogen and oxygen atoms in total. The lowest BCUT2D eigenvalue weighted by atomic mass is 10.7. The summed E-state index contributed by atoms with van der Waals surface area (Å²) in [5, 5.41) is -0.275. The van der Waals surface area contributed by atoms with Crippen LogP contribution in [0.2, 0.25) is 0 Å². The maximum Gasteiger partial charge on any atom is 0.109 e. The van der Waals surface area contributed by atoms with Gasteiger partial charge in [-0.15, -0.1) is 23.2 Å². The molecule has 4 heteroatoms. The minimum Gasteiger partial charge on any atom is -0.116 e. The first-order valence-electron chi connectivity index (χ1n) is 1.98. The van der Waals surface area contributed by atoms with Gasteiger partial charge in [-0.05, 0) is 5.57 Å². The number of rotatable bonds is 0. The Hall–Kier alpha value is 0.900. The third-order valence-electron chi connectivity index (χ3n) is 0.960. The molecule has 2 unspecified atom stereocenters. The summed E-state index contributed by atoms with van der Waals surface area (Å²) in [4.78, 5) is 0. The Balaban J connectivity index is 2.69. The molecule has 0 bridgehead atoms.